The van der Waals surface area contributed by atoms with E-state index in [-0.39, 0.29) is 41.2 Å². The molecule has 1 aliphatic carbocycles. The highest BCUT2D eigenvalue weighted by molar-refractivity contribution is 7.91. The van der Waals surface area contributed by atoms with E-state index >= 15 is 0 Å². The summed E-state index contributed by atoms with van der Waals surface area (Å²) in [4.78, 5) is 17.9. The van der Waals surface area contributed by atoms with Crippen LogP contribution in [0.15, 0.2) is 29.4 Å². The van der Waals surface area contributed by atoms with Gasteiger partial charge >= 0.3 is 0 Å². The third kappa shape index (κ3) is 4.40. The van der Waals surface area contributed by atoms with E-state index in [4.69, 9.17) is 5.26 Å². The Labute approximate surface area is 154 Å². The van der Waals surface area contributed by atoms with Crippen molar-refractivity contribution in [3.05, 3.63) is 24.4 Å². The Bertz CT molecular complexity index is 775. The molecule has 0 radical (unpaired) electrons. The van der Waals surface area contributed by atoms with Crippen molar-refractivity contribution in [3.8, 4) is 6.07 Å². The number of nitrogens with one attached hydrogen (secondary N) is 1. The summed E-state index contributed by atoms with van der Waals surface area (Å²) in [7, 11) is -3.37. The van der Waals surface area contributed by atoms with E-state index in [0.29, 0.717) is 6.54 Å². The quantitative estimate of drug-likeness (QED) is 0.798. The Morgan fingerprint density at radius 1 is 1.35 bits per heavy atom. The number of rotatable bonds is 6. The van der Waals surface area contributed by atoms with Crippen LogP contribution in [-0.4, -0.2) is 55.1 Å². The topological polar surface area (TPSA) is 103 Å². The normalized spacial score (nSPS) is 26.0. The van der Waals surface area contributed by atoms with E-state index in [1.165, 1.54) is 12.3 Å². The molecule has 1 saturated carbocycles. The van der Waals surface area contributed by atoms with Crippen LogP contribution in [-0.2, 0) is 14.6 Å². The molecule has 2 fully saturated rings. The maximum Gasteiger partial charge on any atom is 0.237 e. The highest BCUT2D eigenvalue weighted by Gasteiger charge is 2.32. The molecular formula is C18H24N4O3S. The van der Waals surface area contributed by atoms with E-state index in [9.17, 15) is 13.2 Å². The van der Waals surface area contributed by atoms with Crippen LogP contribution in [0, 0.1) is 17.2 Å². The lowest BCUT2D eigenvalue weighted by atomic mass is 10.1. The van der Waals surface area contributed by atoms with Gasteiger partial charge in [0.25, 0.3) is 0 Å². The molecule has 140 valence electrons. The Morgan fingerprint density at radius 3 is 2.92 bits per heavy atom. The third-order valence-corrected chi connectivity index (χ3v) is 7.01. The first kappa shape index (κ1) is 18.8. The smallest absolute Gasteiger partial charge is 0.237 e. The van der Waals surface area contributed by atoms with E-state index < -0.39 is 9.84 Å². The van der Waals surface area contributed by atoms with Crippen LogP contribution >= 0.6 is 0 Å². The van der Waals surface area contributed by atoms with Crippen molar-refractivity contribution in [2.24, 2.45) is 5.92 Å². The zero-order valence-corrected chi connectivity index (χ0v) is 15.5. The first-order chi connectivity index (χ1) is 12.5. The van der Waals surface area contributed by atoms with Crippen LogP contribution in [0.1, 0.15) is 32.1 Å². The molecule has 1 aromatic heterocycles. The number of hydrogen-bond acceptors (Lipinski definition) is 6. The number of aromatic nitrogens is 1. The first-order valence-electron chi connectivity index (χ1n) is 9.06. The van der Waals surface area contributed by atoms with Crippen molar-refractivity contribution < 1.29 is 13.2 Å². The van der Waals surface area contributed by atoms with Crippen LogP contribution in [0.3, 0.4) is 0 Å². The maximum atomic E-state index is 12.4. The van der Waals surface area contributed by atoms with Gasteiger partial charge < -0.3 is 10.2 Å². The molecule has 3 rings (SSSR count). The average Bonchev–Trinajstić information content (AvgIpc) is 3.29. The van der Waals surface area contributed by atoms with E-state index in [1.807, 2.05) is 0 Å². The molecule has 1 N–H and O–H groups in total. The predicted octanol–water partition coefficient (Wildman–Crippen LogP) is 1.13. The van der Waals surface area contributed by atoms with Crippen molar-refractivity contribution in [2.75, 3.05) is 18.8 Å². The van der Waals surface area contributed by atoms with Gasteiger partial charge in [-0.25, -0.2) is 13.4 Å². The molecule has 1 aliphatic heterocycles. The predicted molar refractivity (Wildman–Crippen MR) is 95.8 cm³/mol. The zero-order chi connectivity index (χ0) is 18.6. The highest BCUT2D eigenvalue weighted by atomic mass is 32.2. The zero-order valence-electron chi connectivity index (χ0n) is 14.7. The van der Waals surface area contributed by atoms with Crippen molar-refractivity contribution in [3.63, 3.8) is 0 Å². The van der Waals surface area contributed by atoms with Gasteiger partial charge in [0, 0.05) is 18.8 Å². The van der Waals surface area contributed by atoms with E-state index in [1.54, 1.807) is 17.0 Å². The highest BCUT2D eigenvalue weighted by Crippen LogP contribution is 2.28. The number of sulfone groups is 1. The van der Waals surface area contributed by atoms with Gasteiger partial charge in [0.15, 0.2) is 14.9 Å². The minimum Gasteiger partial charge on any atom is -0.326 e. The summed E-state index contributed by atoms with van der Waals surface area (Å²) in [6.45, 7) is 0.858. The van der Waals surface area contributed by atoms with E-state index in [2.05, 4.69) is 16.4 Å². The summed E-state index contributed by atoms with van der Waals surface area (Å²) in [5.74, 6) is 0.130. The number of carbonyl (C=O) groups is 1. The number of amides is 1. The van der Waals surface area contributed by atoms with Crippen LogP contribution in [0.5, 0.6) is 0 Å². The summed E-state index contributed by atoms with van der Waals surface area (Å²) in [5.41, 5.74) is 0. The van der Waals surface area contributed by atoms with Gasteiger partial charge in [-0.1, -0.05) is 6.07 Å². The minimum absolute atomic E-state index is 0.0430. The summed E-state index contributed by atoms with van der Waals surface area (Å²) >= 11 is 0. The number of carbonyl (C=O) groups excluding carboxylic acids is 1. The second-order valence-corrected chi connectivity index (χ2v) is 9.06. The number of nitrogens with zero attached hydrogens (tertiary/aromatic N) is 3. The van der Waals surface area contributed by atoms with Crippen LogP contribution in [0.2, 0.25) is 0 Å². The minimum atomic E-state index is -3.37. The second-order valence-electron chi connectivity index (χ2n) is 7.08. The lowest BCUT2D eigenvalue weighted by molar-refractivity contribution is -0.130. The number of pyridine rings is 1. The Balaban J connectivity index is 1.47. The molecule has 2 aliphatic rings. The summed E-state index contributed by atoms with van der Waals surface area (Å²) in [6, 6.07) is 6.92. The van der Waals surface area contributed by atoms with Gasteiger partial charge in [-0.15, -0.1) is 0 Å². The van der Waals surface area contributed by atoms with Crippen molar-refractivity contribution in [1.29, 1.82) is 5.26 Å². The average molecular weight is 376 g/mol. The monoisotopic (exact) mass is 376 g/mol. The van der Waals surface area contributed by atoms with Crippen LogP contribution < -0.4 is 5.32 Å². The van der Waals surface area contributed by atoms with Crippen molar-refractivity contribution in [2.45, 2.75) is 49.2 Å². The molecule has 3 unspecified atom stereocenters. The van der Waals surface area contributed by atoms with Gasteiger partial charge in [0.2, 0.25) is 5.91 Å². The molecular weight excluding hydrogens is 352 g/mol. The maximum absolute atomic E-state index is 12.4. The molecule has 1 aromatic rings. The first-order valence-corrected chi connectivity index (χ1v) is 10.7. The van der Waals surface area contributed by atoms with Crippen LogP contribution in [0.4, 0.5) is 0 Å². The van der Waals surface area contributed by atoms with Gasteiger partial charge in [-0.2, -0.15) is 5.26 Å². The summed E-state index contributed by atoms with van der Waals surface area (Å²) in [6.07, 6.45) is 5.53. The van der Waals surface area contributed by atoms with Gasteiger partial charge in [0.05, 0.1) is 18.4 Å². The summed E-state index contributed by atoms with van der Waals surface area (Å²) in [5, 5.41) is 12.5. The van der Waals surface area contributed by atoms with Crippen LogP contribution in [0.25, 0.3) is 0 Å². The summed E-state index contributed by atoms with van der Waals surface area (Å²) < 4.78 is 24.9. The Morgan fingerprint density at radius 2 is 2.19 bits per heavy atom. The number of likely N-dealkylation sites (tertiary alicyclic amines) is 1. The molecule has 2 heterocycles. The second kappa shape index (κ2) is 8.14. The van der Waals surface area contributed by atoms with Gasteiger partial charge in [-0.05, 0) is 50.2 Å². The lowest BCUT2D eigenvalue weighted by Gasteiger charge is -2.21. The molecule has 0 spiro atoms. The molecule has 0 aromatic carbocycles. The fourth-order valence-electron chi connectivity index (χ4n) is 3.87. The Hall–Kier alpha value is -1.98. The molecule has 3 atom stereocenters. The fraction of sp³-hybridized carbons (Fsp3) is 0.611. The standard InChI is InChI=1S/C18H24N4O3S/c19-11-16-4-3-9-22(16)18(23)12-21-15-7-6-14(10-15)13-26(24,25)17-5-1-2-8-20-17/h1-2,5,8,14-16,21H,3-4,6-7,9-10,12-13H2. The third-order valence-electron chi connectivity index (χ3n) is 5.22. The Kier molecular flexibility index (Phi) is 5.89. The SMILES string of the molecule is N#CC1CCCN1C(=O)CNC1CCC(CS(=O)(=O)c2ccccn2)C1. The molecule has 1 saturated heterocycles. The molecule has 8 heteroatoms. The van der Waals surface area contributed by atoms with Crippen molar-refractivity contribution in [1.82, 2.24) is 15.2 Å². The largest absolute Gasteiger partial charge is 0.326 e. The number of nitriles is 1. The lowest BCUT2D eigenvalue weighted by Crippen LogP contribution is -2.43. The van der Waals surface area contributed by atoms with Crippen molar-refractivity contribution >= 4 is 15.7 Å². The number of hydrogen-bond donors (Lipinski definition) is 1. The van der Waals surface area contributed by atoms with E-state index in [0.717, 1.165) is 32.1 Å². The fourth-order valence-corrected chi connectivity index (χ4v) is 5.47. The molecule has 1 amide bonds. The van der Waals surface area contributed by atoms with Gasteiger partial charge in [0.1, 0.15) is 6.04 Å². The molecule has 7 nitrogen and oxygen atoms in total. The van der Waals surface area contributed by atoms with Gasteiger partial charge in [-0.3, -0.25) is 4.79 Å². The molecule has 0 bridgehead atoms. The molecule has 26 heavy (non-hydrogen) atoms.